The van der Waals surface area contributed by atoms with Crippen molar-refractivity contribution in [3.63, 3.8) is 0 Å². The Bertz CT molecular complexity index is 1090. The molecule has 160 valence electrons. The van der Waals surface area contributed by atoms with E-state index in [1.54, 1.807) is 13.4 Å². The molecule has 0 N–H and O–H groups in total. The van der Waals surface area contributed by atoms with Gasteiger partial charge in [-0.15, -0.1) is 0 Å². The van der Waals surface area contributed by atoms with E-state index in [2.05, 4.69) is 4.57 Å². The molecule has 0 saturated heterocycles. The first kappa shape index (κ1) is 21.8. The number of furan rings is 1. The number of esters is 1. The number of aromatic nitrogens is 1. The highest BCUT2D eigenvalue weighted by molar-refractivity contribution is 5.99. The van der Waals surface area contributed by atoms with Gasteiger partial charge in [-0.05, 0) is 63.9 Å². The maximum absolute atomic E-state index is 12.7. The molecule has 2 heterocycles. The third-order valence-electron chi connectivity index (χ3n) is 5.60. The van der Waals surface area contributed by atoms with Gasteiger partial charge >= 0.3 is 5.97 Å². The maximum Gasteiger partial charge on any atom is 0.310 e. The molecule has 0 radical (unpaired) electrons. The number of carbonyl (C=O) groups is 2. The van der Waals surface area contributed by atoms with Crippen molar-refractivity contribution in [2.24, 2.45) is 0 Å². The molecule has 0 saturated carbocycles. The second-order valence-electron chi connectivity index (χ2n) is 7.91. The lowest BCUT2D eigenvalue weighted by Gasteiger charge is -2.17. The van der Waals surface area contributed by atoms with Crippen molar-refractivity contribution >= 4 is 22.7 Å². The predicted octanol–water partition coefficient (Wildman–Crippen LogP) is 4.64. The second kappa shape index (κ2) is 8.88. The second-order valence-corrected chi connectivity index (χ2v) is 7.91. The Morgan fingerprint density at radius 3 is 2.50 bits per heavy atom. The van der Waals surface area contributed by atoms with Crippen LogP contribution in [0.2, 0.25) is 0 Å². The molecule has 30 heavy (non-hydrogen) atoms. The first-order valence-corrected chi connectivity index (χ1v) is 10.1. The summed E-state index contributed by atoms with van der Waals surface area (Å²) < 4.78 is 18.1. The summed E-state index contributed by atoms with van der Waals surface area (Å²) in [5, 5.41) is 0.900. The summed E-state index contributed by atoms with van der Waals surface area (Å²) in [4.78, 5) is 25.0. The van der Waals surface area contributed by atoms with Crippen molar-refractivity contribution in [2.45, 2.75) is 47.1 Å². The van der Waals surface area contributed by atoms with Gasteiger partial charge in [0.15, 0.2) is 6.61 Å². The van der Waals surface area contributed by atoms with Crippen LogP contribution >= 0.6 is 0 Å². The van der Waals surface area contributed by atoms with Crippen molar-refractivity contribution in [1.29, 1.82) is 0 Å². The first-order chi connectivity index (χ1) is 14.2. The van der Waals surface area contributed by atoms with Crippen molar-refractivity contribution in [3.05, 3.63) is 58.1 Å². The van der Waals surface area contributed by atoms with E-state index in [0.717, 1.165) is 39.0 Å². The molecule has 2 aromatic heterocycles. The highest BCUT2D eigenvalue weighted by Gasteiger charge is 2.20. The van der Waals surface area contributed by atoms with Crippen molar-refractivity contribution < 1.29 is 23.5 Å². The molecule has 0 aliphatic carbocycles. The quantitative estimate of drug-likeness (QED) is 0.399. The Hall–Kier alpha value is -2.86. The number of ketones is 1. The van der Waals surface area contributed by atoms with Gasteiger partial charge in [0, 0.05) is 35.0 Å². The van der Waals surface area contributed by atoms with Crippen LogP contribution in [0.25, 0.3) is 11.0 Å². The lowest BCUT2D eigenvalue weighted by Crippen LogP contribution is -2.17. The Kier molecular flexibility index (Phi) is 6.46. The van der Waals surface area contributed by atoms with E-state index in [1.807, 2.05) is 52.8 Å². The fraction of sp³-hybridized carbons (Fsp3) is 0.417. The lowest BCUT2D eigenvalue weighted by atomic mass is 10.0. The van der Waals surface area contributed by atoms with Crippen LogP contribution in [-0.2, 0) is 20.7 Å². The summed E-state index contributed by atoms with van der Waals surface area (Å²) in [6.07, 6.45) is 1.64. The van der Waals surface area contributed by atoms with Gasteiger partial charge in [0.25, 0.3) is 0 Å². The van der Waals surface area contributed by atoms with E-state index < -0.39 is 5.97 Å². The zero-order valence-corrected chi connectivity index (χ0v) is 18.5. The molecule has 1 aromatic carbocycles. The van der Waals surface area contributed by atoms with E-state index in [-0.39, 0.29) is 24.9 Å². The van der Waals surface area contributed by atoms with Crippen molar-refractivity contribution in [1.82, 2.24) is 4.57 Å². The molecular weight excluding hydrogens is 382 g/mol. The van der Waals surface area contributed by atoms with Crippen LogP contribution < -0.4 is 0 Å². The molecule has 0 amide bonds. The SMILES string of the molecule is COC[C@@H](C)n1c(C)cc(C(=O)COC(=O)Cc2coc3cc(C)c(C)cc23)c1C. The number of methoxy groups -OCH3 is 1. The van der Waals surface area contributed by atoms with Gasteiger partial charge in [0.2, 0.25) is 5.78 Å². The smallest absolute Gasteiger partial charge is 0.310 e. The van der Waals surface area contributed by atoms with Crippen LogP contribution in [0.3, 0.4) is 0 Å². The monoisotopic (exact) mass is 411 g/mol. The standard InChI is InChI=1S/C24H29NO5/c1-14-7-21-19(12-29-23(21)8-15(14)2)10-24(27)30-13-22(26)20-9-16(3)25(18(20)5)17(4)11-28-6/h7-9,12,17H,10-11,13H2,1-6H3/t17-/m1/s1. The van der Waals surface area contributed by atoms with Gasteiger partial charge in [0.1, 0.15) is 5.58 Å². The summed E-state index contributed by atoms with van der Waals surface area (Å²) in [5.74, 6) is -0.665. The van der Waals surface area contributed by atoms with Gasteiger partial charge in [-0.25, -0.2) is 0 Å². The van der Waals surface area contributed by atoms with E-state index in [4.69, 9.17) is 13.9 Å². The molecule has 0 unspecified atom stereocenters. The van der Waals surface area contributed by atoms with Gasteiger partial charge in [-0.2, -0.15) is 0 Å². The molecule has 6 heteroatoms. The summed E-state index contributed by atoms with van der Waals surface area (Å²) >= 11 is 0. The summed E-state index contributed by atoms with van der Waals surface area (Å²) in [6, 6.07) is 5.92. The van der Waals surface area contributed by atoms with Crippen LogP contribution in [0, 0.1) is 27.7 Å². The normalized spacial score (nSPS) is 12.3. The Labute approximate surface area is 176 Å². The number of Topliss-reactive ketones (excluding diaryl/α,β-unsaturated/α-hetero) is 1. The number of ether oxygens (including phenoxy) is 2. The topological polar surface area (TPSA) is 70.7 Å². The third-order valence-corrected chi connectivity index (χ3v) is 5.60. The van der Waals surface area contributed by atoms with E-state index in [9.17, 15) is 9.59 Å². The lowest BCUT2D eigenvalue weighted by molar-refractivity contribution is -0.141. The van der Waals surface area contributed by atoms with Gasteiger partial charge in [-0.3, -0.25) is 9.59 Å². The Balaban J connectivity index is 1.66. The fourth-order valence-corrected chi connectivity index (χ4v) is 3.96. The minimum atomic E-state index is -0.453. The number of aryl methyl sites for hydroxylation is 3. The van der Waals surface area contributed by atoms with Gasteiger partial charge in [0.05, 0.1) is 25.3 Å². The van der Waals surface area contributed by atoms with Crippen LogP contribution in [0.1, 0.15) is 51.4 Å². The molecule has 0 aliphatic rings. The maximum atomic E-state index is 12.7. The van der Waals surface area contributed by atoms with Crippen molar-refractivity contribution in [2.75, 3.05) is 20.3 Å². The highest BCUT2D eigenvalue weighted by atomic mass is 16.5. The minimum Gasteiger partial charge on any atom is -0.464 e. The van der Waals surface area contributed by atoms with Crippen LogP contribution in [-0.4, -0.2) is 36.6 Å². The number of rotatable bonds is 8. The largest absolute Gasteiger partial charge is 0.464 e. The van der Waals surface area contributed by atoms with Crippen LogP contribution in [0.15, 0.2) is 28.9 Å². The molecule has 0 bridgehead atoms. The summed E-state index contributed by atoms with van der Waals surface area (Å²) in [7, 11) is 1.65. The molecule has 0 fully saturated rings. The summed E-state index contributed by atoms with van der Waals surface area (Å²) in [6.45, 7) is 10.2. The Morgan fingerprint density at radius 1 is 1.10 bits per heavy atom. The average molecular weight is 411 g/mol. The Morgan fingerprint density at radius 2 is 1.80 bits per heavy atom. The molecule has 3 rings (SSSR count). The van der Waals surface area contributed by atoms with E-state index in [1.165, 1.54) is 0 Å². The van der Waals surface area contributed by atoms with Gasteiger partial charge < -0.3 is 18.5 Å². The van der Waals surface area contributed by atoms with Gasteiger partial charge in [-0.1, -0.05) is 0 Å². The number of fused-ring (bicyclic) bond motifs is 1. The molecule has 6 nitrogen and oxygen atoms in total. The zero-order chi connectivity index (χ0) is 22.0. The average Bonchev–Trinajstić information content (AvgIpc) is 3.20. The van der Waals surface area contributed by atoms with Crippen LogP contribution in [0.5, 0.6) is 0 Å². The van der Waals surface area contributed by atoms with E-state index >= 15 is 0 Å². The molecule has 1 atom stereocenters. The molecule has 3 aromatic rings. The third kappa shape index (κ3) is 4.33. The number of carbonyl (C=O) groups excluding carboxylic acids is 2. The van der Waals surface area contributed by atoms with Crippen LogP contribution in [0.4, 0.5) is 0 Å². The number of benzene rings is 1. The van der Waals surface area contributed by atoms with Crippen molar-refractivity contribution in [3.8, 4) is 0 Å². The number of hydrogen-bond donors (Lipinski definition) is 0. The number of hydrogen-bond acceptors (Lipinski definition) is 5. The fourth-order valence-electron chi connectivity index (χ4n) is 3.96. The van der Waals surface area contributed by atoms with E-state index in [0.29, 0.717) is 12.2 Å². The zero-order valence-electron chi connectivity index (χ0n) is 18.5. The first-order valence-electron chi connectivity index (χ1n) is 10.1. The molecular formula is C24H29NO5. The molecule has 0 spiro atoms. The highest BCUT2D eigenvalue weighted by Crippen LogP contribution is 2.25. The predicted molar refractivity (Wildman–Crippen MR) is 115 cm³/mol. The number of nitrogens with zero attached hydrogens (tertiary/aromatic N) is 1. The minimum absolute atomic E-state index is 0.0622. The molecule has 0 aliphatic heterocycles. The summed E-state index contributed by atoms with van der Waals surface area (Å²) in [5.41, 5.74) is 6.17.